The maximum Gasteiger partial charge on any atom is 0.223 e. The highest BCUT2D eigenvalue weighted by molar-refractivity contribution is 8.04. The number of fused-ring (bicyclic) bond motifs is 7. The molecule has 3 heteroatoms. The smallest absolute Gasteiger partial charge is 0.223 e. The van der Waals surface area contributed by atoms with Crippen LogP contribution in [0.5, 0.6) is 0 Å². The summed E-state index contributed by atoms with van der Waals surface area (Å²) in [4.78, 5) is 4.45. The van der Waals surface area contributed by atoms with Gasteiger partial charge < -0.3 is 4.90 Å². The molecular weight excluding hydrogens is 1020 g/mol. The molecule has 0 amide bonds. The zero-order valence-electron chi connectivity index (χ0n) is 56.1. The third kappa shape index (κ3) is 9.69. The number of benzene rings is 5. The third-order valence-corrected chi connectivity index (χ3v) is 25.8. The molecule has 4 aliphatic carbocycles. The van der Waals surface area contributed by atoms with Crippen molar-refractivity contribution in [2.24, 2.45) is 16.7 Å². The number of hydrogen-bond donors (Lipinski definition) is 0. The van der Waals surface area contributed by atoms with E-state index in [9.17, 15) is 0 Å². The highest BCUT2D eigenvalue weighted by Gasteiger charge is 2.54. The summed E-state index contributed by atoms with van der Waals surface area (Å²) in [6.45, 7) is 55.6. The first-order chi connectivity index (χ1) is 38.4. The van der Waals surface area contributed by atoms with Crippen molar-refractivity contribution in [2.45, 2.75) is 278 Å². The average Bonchev–Trinajstić information content (AvgIpc) is 2.27. The van der Waals surface area contributed by atoms with E-state index >= 15 is 0 Å². The number of anilines is 3. The van der Waals surface area contributed by atoms with Gasteiger partial charge in [-0.05, 0) is 246 Å². The number of thioether (sulfide) groups is 1. The highest BCUT2D eigenvalue weighted by atomic mass is 32.2. The number of nitrogens with zero attached hydrogens (tertiary/aromatic N) is 1. The van der Waals surface area contributed by atoms with Crippen molar-refractivity contribution in [1.29, 1.82) is 0 Å². The lowest BCUT2D eigenvalue weighted by Gasteiger charge is -2.48. The van der Waals surface area contributed by atoms with E-state index < -0.39 is 0 Å². The second kappa shape index (κ2) is 19.4. The summed E-state index contributed by atoms with van der Waals surface area (Å²) >= 11 is 2.28. The Hall–Kier alpha value is -4.21. The lowest BCUT2D eigenvalue weighted by Crippen LogP contribution is -2.57. The molecule has 0 N–H and O–H groups in total. The van der Waals surface area contributed by atoms with Crippen molar-refractivity contribution in [1.82, 2.24) is 0 Å². The lowest BCUT2D eigenvalue weighted by atomic mass is 9.28. The van der Waals surface area contributed by atoms with Gasteiger partial charge in [0.1, 0.15) is 0 Å². The Morgan fingerprint density at radius 2 is 1.07 bits per heavy atom. The van der Waals surface area contributed by atoms with E-state index in [2.05, 4.69) is 254 Å². The van der Waals surface area contributed by atoms with Crippen molar-refractivity contribution < 1.29 is 0 Å². The molecule has 0 saturated heterocycles. The van der Waals surface area contributed by atoms with Crippen LogP contribution in [0.3, 0.4) is 0 Å². The van der Waals surface area contributed by atoms with Gasteiger partial charge >= 0.3 is 0 Å². The van der Waals surface area contributed by atoms with Gasteiger partial charge in [-0.25, -0.2) is 0 Å². The molecule has 0 radical (unpaired) electrons. The number of rotatable bonds is 4. The summed E-state index contributed by atoms with van der Waals surface area (Å²) in [7, 11) is 0. The van der Waals surface area contributed by atoms with Gasteiger partial charge in [0, 0.05) is 22.2 Å². The van der Waals surface area contributed by atoms with Crippen LogP contribution >= 0.6 is 11.8 Å². The van der Waals surface area contributed by atoms with Crippen molar-refractivity contribution >= 4 is 46.5 Å². The molecule has 7 aliphatic rings. The first-order valence-corrected chi connectivity index (χ1v) is 34.0. The van der Waals surface area contributed by atoms with E-state index in [1.807, 2.05) is 0 Å². The van der Waals surface area contributed by atoms with Gasteiger partial charge in [0.25, 0.3) is 0 Å². The van der Waals surface area contributed by atoms with Crippen molar-refractivity contribution in [3.63, 3.8) is 0 Å². The lowest BCUT2D eigenvalue weighted by molar-refractivity contribution is 0.135. The monoisotopic (exact) mass is 1120 g/mol. The Morgan fingerprint density at radius 1 is 0.542 bits per heavy atom. The van der Waals surface area contributed by atoms with Gasteiger partial charge in [0.05, 0.1) is 5.69 Å². The minimum Gasteiger partial charge on any atom is -0.311 e. The first-order valence-electron chi connectivity index (χ1n) is 33.1. The molecule has 3 aliphatic heterocycles. The molecule has 4 unspecified atom stereocenters. The largest absolute Gasteiger partial charge is 0.311 e. The molecule has 4 atom stereocenters. The van der Waals surface area contributed by atoms with E-state index in [0.29, 0.717) is 17.1 Å². The van der Waals surface area contributed by atoms with Gasteiger partial charge in [0.15, 0.2) is 0 Å². The Morgan fingerprint density at radius 3 is 1.67 bits per heavy atom. The minimum atomic E-state index is 0.0173. The van der Waals surface area contributed by atoms with Gasteiger partial charge in [-0.1, -0.05) is 217 Å². The predicted molar refractivity (Wildman–Crippen MR) is 365 cm³/mol. The molecule has 3 heterocycles. The second-order valence-electron chi connectivity index (χ2n) is 34.8. The summed E-state index contributed by atoms with van der Waals surface area (Å²) in [5.41, 5.74) is 29.5. The average molecular weight is 1120 g/mol. The van der Waals surface area contributed by atoms with E-state index in [1.54, 1.807) is 60.4 Å². The Bertz CT molecular complexity index is 3520. The molecule has 440 valence electrons. The number of hydrogen-bond acceptors (Lipinski definition) is 2. The Labute approximate surface area is 510 Å². The highest BCUT2D eigenvalue weighted by Crippen LogP contribution is 2.62. The summed E-state index contributed by atoms with van der Waals surface area (Å²) in [6.07, 6.45) is 16.0. The molecule has 12 rings (SSSR count). The van der Waals surface area contributed by atoms with Crippen LogP contribution in [0.2, 0.25) is 5.82 Å². The minimum absolute atomic E-state index is 0.0173. The van der Waals surface area contributed by atoms with Crippen LogP contribution in [0, 0.1) is 23.7 Å². The fraction of sp³-hybridized carbons (Fsp3) is 0.575. The van der Waals surface area contributed by atoms with Crippen molar-refractivity contribution in [2.75, 3.05) is 4.90 Å². The van der Waals surface area contributed by atoms with Gasteiger partial charge in [0.2, 0.25) is 6.71 Å². The van der Waals surface area contributed by atoms with Crippen LogP contribution in [0.25, 0.3) is 11.1 Å². The topological polar surface area (TPSA) is 3.24 Å². The van der Waals surface area contributed by atoms with E-state index in [1.165, 1.54) is 108 Å². The zero-order valence-corrected chi connectivity index (χ0v) is 56.9. The molecule has 0 spiro atoms. The molecule has 0 bridgehead atoms. The van der Waals surface area contributed by atoms with Crippen LogP contribution < -0.4 is 15.8 Å². The second-order valence-corrected chi connectivity index (χ2v) is 36.2. The van der Waals surface area contributed by atoms with Crippen molar-refractivity contribution in [3.05, 3.63) is 157 Å². The van der Waals surface area contributed by atoms with Crippen LogP contribution in [0.4, 0.5) is 17.1 Å². The van der Waals surface area contributed by atoms with Crippen LogP contribution in [0.15, 0.2) is 101 Å². The van der Waals surface area contributed by atoms with Crippen LogP contribution in [-0.4, -0.2) is 12.0 Å². The number of aryl methyl sites for hydroxylation is 2. The molecule has 1 fully saturated rings. The number of allylic oxidation sites excluding steroid dienone is 4. The van der Waals surface area contributed by atoms with Gasteiger partial charge in [-0.3, -0.25) is 0 Å². The normalized spacial score (nSPS) is 27.0. The molecule has 1 nitrogen and oxygen atoms in total. The van der Waals surface area contributed by atoms with Crippen LogP contribution in [-0.2, 0) is 44.3 Å². The molecule has 1 saturated carbocycles. The summed E-state index contributed by atoms with van der Waals surface area (Å²) < 4.78 is 0. The summed E-state index contributed by atoms with van der Waals surface area (Å²) in [6, 6.07) is 34.2. The van der Waals surface area contributed by atoms with Gasteiger partial charge in [-0.15, -0.1) is 11.8 Å². The quantitative estimate of drug-likeness (QED) is 0.130. The van der Waals surface area contributed by atoms with Gasteiger partial charge in [-0.2, -0.15) is 0 Å². The Balaban J connectivity index is 1.20. The Kier molecular flexibility index (Phi) is 13.8. The SMILES string of the molecule is CC1=C(/C=C2\C(C)C(C)(C)CCC2(C)C)C2B3c4cc5c(cc4N(c4cc6c(cc4-c4ccc(C(C)(C)C)cc4)C(C)(C)CCC6(C)C)c4cc(C)cc(c43)CCC(c3ccc4c(c3)C(C)(C)CCC4(C)C)C2S1)C(C)(C)CCCC5(C)C. The van der Waals surface area contributed by atoms with E-state index in [-0.39, 0.29) is 61.3 Å². The molecule has 5 aromatic rings. The van der Waals surface area contributed by atoms with Crippen molar-refractivity contribution in [3.8, 4) is 11.1 Å². The first kappa shape index (κ1) is 59.1. The third-order valence-electron chi connectivity index (χ3n) is 24.4. The zero-order chi connectivity index (χ0) is 59.9. The molecular formula is C80H106BNS. The molecule has 0 aromatic heterocycles. The maximum atomic E-state index is 2.89. The molecule has 83 heavy (non-hydrogen) atoms. The fourth-order valence-corrected chi connectivity index (χ4v) is 19.6. The van der Waals surface area contributed by atoms with E-state index in [4.69, 9.17) is 0 Å². The predicted octanol–water partition coefficient (Wildman–Crippen LogP) is 21.7. The standard InChI is InChI=1S/C80H106BNS/c1-48-40-53-26-30-55(52-27-31-58-60(42-52)78(17,18)37-36-76(58,13)14)71-70(56(50(3)83-71)43-59-49(2)73(7,8)34-35-77(59,15)16)81-65-45-62-64(75(11,12)33-23-32-74(62,9)10)47-67(65)82(68(41-48)69(53)81)66-46-63-61(79(19,20)38-39-80(63,21)22)44-57(66)51-24-28-54(29-25-51)72(4,5)6/h24-25,27-29,31,40-47,49,55,70-71H,23,26,30,32-39H2,1-22H3/b59-43+. The molecule has 5 aromatic carbocycles. The summed E-state index contributed by atoms with van der Waals surface area (Å²) in [5, 5.41) is 0.369. The van der Waals surface area contributed by atoms with Crippen LogP contribution in [0.1, 0.15) is 271 Å². The maximum absolute atomic E-state index is 2.89. The summed E-state index contributed by atoms with van der Waals surface area (Å²) in [5.74, 6) is 1.14. The fourth-order valence-electron chi connectivity index (χ4n) is 17.9. The van der Waals surface area contributed by atoms with E-state index in [0.717, 1.165) is 12.8 Å².